The van der Waals surface area contributed by atoms with Crippen LogP contribution in [0, 0.1) is 0 Å². The van der Waals surface area contributed by atoms with E-state index in [1.54, 1.807) is 6.92 Å². The Morgan fingerprint density at radius 1 is 1.17 bits per heavy atom. The van der Waals surface area contributed by atoms with Crippen LogP contribution in [-0.2, 0) is 9.53 Å². The molecular weight excluding hydrogens is 306 g/mol. The molecule has 1 saturated heterocycles. The summed E-state index contributed by atoms with van der Waals surface area (Å²) in [6.45, 7) is 10.2. The van der Waals surface area contributed by atoms with E-state index < -0.39 is 0 Å². The maximum atomic E-state index is 9.82. The fourth-order valence-electron chi connectivity index (χ4n) is 1.71. The standard InChI is InChI=1S/C9H10S.C4H9N.C4H8O2.C2H6/c1-2-4-8(5-3-1)10-9-6-7-9;1-2-4-5-3-1;1-3-6-4(2)5;1-2/h1-5,9H,6-7H2;5H,1-4H2;3H2,1-2H3;1-2H3. The van der Waals surface area contributed by atoms with E-state index in [-0.39, 0.29) is 5.97 Å². The summed E-state index contributed by atoms with van der Waals surface area (Å²) in [5, 5.41) is 4.16. The third-order valence-corrected chi connectivity index (χ3v) is 4.22. The van der Waals surface area contributed by atoms with Crippen LogP contribution in [0.2, 0.25) is 0 Å². The van der Waals surface area contributed by atoms with Crippen molar-refractivity contribution in [3.63, 3.8) is 0 Å². The van der Waals surface area contributed by atoms with Crippen molar-refractivity contribution in [3.05, 3.63) is 30.3 Å². The monoisotopic (exact) mass is 339 g/mol. The Bertz CT molecular complexity index is 369. The molecule has 1 aromatic carbocycles. The molecule has 1 aliphatic carbocycles. The molecule has 0 radical (unpaired) electrons. The van der Waals surface area contributed by atoms with Crippen LogP contribution in [0.3, 0.4) is 0 Å². The molecule has 1 heterocycles. The molecule has 2 aliphatic rings. The highest BCUT2D eigenvalue weighted by molar-refractivity contribution is 8.00. The summed E-state index contributed by atoms with van der Waals surface area (Å²) >= 11 is 2.01. The second-order valence-corrected chi connectivity index (χ2v) is 6.39. The van der Waals surface area contributed by atoms with Crippen molar-refractivity contribution in [3.8, 4) is 0 Å². The first kappa shape index (κ1) is 22.0. The van der Waals surface area contributed by atoms with Crippen molar-refractivity contribution in [2.45, 2.75) is 63.5 Å². The number of hydrogen-bond donors (Lipinski definition) is 1. The van der Waals surface area contributed by atoms with Crippen LogP contribution in [0.1, 0.15) is 53.4 Å². The third kappa shape index (κ3) is 15.7. The molecule has 2 fully saturated rings. The first-order valence-corrected chi connectivity index (χ1v) is 9.66. The van der Waals surface area contributed by atoms with Crippen LogP contribution in [0.4, 0.5) is 0 Å². The van der Waals surface area contributed by atoms with Crippen molar-refractivity contribution in [1.29, 1.82) is 0 Å². The minimum Gasteiger partial charge on any atom is -0.466 e. The molecule has 1 aliphatic heterocycles. The number of ether oxygens (including phenoxy) is 1. The van der Waals surface area contributed by atoms with Crippen LogP contribution in [0.25, 0.3) is 0 Å². The first-order chi connectivity index (χ1) is 11.2. The highest BCUT2D eigenvalue weighted by atomic mass is 32.2. The number of rotatable bonds is 3. The van der Waals surface area contributed by atoms with Gasteiger partial charge in [-0.1, -0.05) is 32.0 Å². The van der Waals surface area contributed by atoms with Gasteiger partial charge in [0.1, 0.15) is 0 Å². The summed E-state index contributed by atoms with van der Waals surface area (Å²) in [5.41, 5.74) is 0. The average Bonchev–Trinajstić information content (AvgIpc) is 3.18. The van der Waals surface area contributed by atoms with Gasteiger partial charge in [0.15, 0.2) is 0 Å². The highest BCUT2D eigenvalue weighted by Gasteiger charge is 2.21. The van der Waals surface area contributed by atoms with Crippen molar-refractivity contribution in [2.24, 2.45) is 0 Å². The molecule has 132 valence electrons. The predicted octanol–water partition coefficient (Wildman–Crippen LogP) is 4.91. The van der Waals surface area contributed by atoms with Gasteiger partial charge in [-0.05, 0) is 57.8 Å². The first-order valence-electron chi connectivity index (χ1n) is 8.78. The number of carbonyl (C=O) groups is 1. The topological polar surface area (TPSA) is 38.3 Å². The Balaban J connectivity index is 0.000000322. The lowest BCUT2D eigenvalue weighted by Crippen LogP contribution is -2.03. The number of nitrogens with one attached hydrogen (secondary N) is 1. The number of esters is 1. The fourth-order valence-corrected chi connectivity index (χ4v) is 2.78. The van der Waals surface area contributed by atoms with Crippen molar-refractivity contribution >= 4 is 17.7 Å². The quantitative estimate of drug-likeness (QED) is 0.794. The number of thioether (sulfide) groups is 1. The molecule has 0 atom stereocenters. The molecule has 3 rings (SSSR count). The summed E-state index contributed by atoms with van der Waals surface area (Å²) in [7, 11) is 0. The Morgan fingerprint density at radius 2 is 1.74 bits per heavy atom. The summed E-state index contributed by atoms with van der Waals surface area (Å²) < 4.78 is 4.40. The van der Waals surface area contributed by atoms with E-state index >= 15 is 0 Å². The SMILES string of the molecule is C1CCNC1.CC.CCOC(C)=O.c1ccc(SC2CC2)cc1. The Labute approximate surface area is 146 Å². The van der Waals surface area contributed by atoms with Gasteiger partial charge < -0.3 is 10.1 Å². The lowest BCUT2D eigenvalue weighted by Gasteiger charge is -1.95. The molecule has 0 unspecified atom stereocenters. The Kier molecular flexibility index (Phi) is 15.2. The van der Waals surface area contributed by atoms with Gasteiger partial charge in [0.05, 0.1) is 6.61 Å². The molecule has 3 nitrogen and oxygen atoms in total. The molecule has 0 bridgehead atoms. The van der Waals surface area contributed by atoms with Gasteiger partial charge in [-0.2, -0.15) is 0 Å². The minimum absolute atomic E-state index is 0.211. The van der Waals surface area contributed by atoms with Gasteiger partial charge in [0, 0.05) is 17.1 Å². The third-order valence-electron chi connectivity index (χ3n) is 2.88. The smallest absolute Gasteiger partial charge is 0.302 e. The fraction of sp³-hybridized carbons (Fsp3) is 0.632. The van der Waals surface area contributed by atoms with Crippen LogP contribution in [-0.4, -0.2) is 30.9 Å². The molecule has 0 aromatic heterocycles. The zero-order valence-electron chi connectivity index (χ0n) is 15.1. The minimum atomic E-state index is -0.211. The van der Waals surface area contributed by atoms with E-state index in [9.17, 15) is 4.79 Å². The summed E-state index contributed by atoms with van der Waals surface area (Å²) in [5.74, 6) is -0.211. The summed E-state index contributed by atoms with van der Waals surface area (Å²) in [6.07, 6.45) is 5.61. The molecule has 23 heavy (non-hydrogen) atoms. The molecule has 4 heteroatoms. The van der Waals surface area contributed by atoms with Crippen molar-refractivity contribution in [1.82, 2.24) is 5.32 Å². The lowest BCUT2D eigenvalue weighted by molar-refractivity contribution is -0.140. The average molecular weight is 340 g/mol. The second kappa shape index (κ2) is 15.9. The maximum absolute atomic E-state index is 9.82. The normalized spacial score (nSPS) is 15.0. The van der Waals surface area contributed by atoms with Crippen LogP contribution in [0.5, 0.6) is 0 Å². The zero-order chi connectivity index (χ0) is 17.3. The summed E-state index contributed by atoms with van der Waals surface area (Å²) in [6, 6.07) is 10.6. The summed E-state index contributed by atoms with van der Waals surface area (Å²) in [4.78, 5) is 11.2. The molecule has 1 aromatic rings. The number of carbonyl (C=O) groups excluding carboxylic acids is 1. The van der Waals surface area contributed by atoms with E-state index in [1.807, 2.05) is 25.6 Å². The van der Waals surface area contributed by atoms with Gasteiger partial charge >= 0.3 is 5.97 Å². The van der Waals surface area contributed by atoms with E-state index in [2.05, 4.69) is 40.4 Å². The molecule has 0 spiro atoms. The number of hydrogen-bond acceptors (Lipinski definition) is 4. The molecule has 1 N–H and O–H groups in total. The van der Waals surface area contributed by atoms with Gasteiger partial charge in [-0.25, -0.2) is 0 Å². The van der Waals surface area contributed by atoms with Crippen LogP contribution >= 0.6 is 11.8 Å². The van der Waals surface area contributed by atoms with Crippen LogP contribution < -0.4 is 5.32 Å². The van der Waals surface area contributed by atoms with E-state index in [0.717, 1.165) is 5.25 Å². The Hall–Kier alpha value is -1.00. The van der Waals surface area contributed by atoms with Gasteiger partial charge in [-0.3, -0.25) is 4.79 Å². The van der Waals surface area contributed by atoms with Crippen molar-refractivity contribution < 1.29 is 9.53 Å². The highest BCUT2D eigenvalue weighted by Crippen LogP contribution is 2.38. The Morgan fingerprint density at radius 3 is 2.04 bits per heavy atom. The predicted molar refractivity (Wildman–Crippen MR) is 101 cm³/mol. The molecular formula is C19H33NO2S. The maximum Gasteiger partial charge on any atom is 0.302 e. The second-order valence-electron chi connectivity index (χ2n) is 5.01. The van der Waals surface area contributed by atoms with Crippen molar-refractivity contribution in [2.75, 3.05) is 19.7 Å². The van der Waals surface area contributed by atoms with Gasteiger partial charge in [0.2, 0.25) is 0 Å². The van der Waals surface area contributed by atoms with Gasteiger partial charge in [-0.15, -0.1) is 11.8 Å². The van der Waals surface area contributed by atoms with Gasteiger partial charge in [0.25, 0.3) is 0 Å². The van der Waals surface area contributed by atoms with E-state index in [0.29, 0.717) is 6.61 Å². The molecule has 0 amide bonds. The largest absolute Gasteiger partial charge is 0.466 e. The van der Waals surface area contributed by atoms with E-state index in [1.165, 1.54) is 50.6 Å². The van der Waals surface area contributed by atoms with Crippen LogP contribution in [0.15, 0.2) is 35.2 Å². The number of benzene rings is 1. The zero-order valence-corrected chi connectivity index (χ0v) is 16.0. The van der Waals surface area contributed by atoms with E-state index in [4.69, 9.17) is 0 Å². The molecule has 1 saturated carbocycles. The lowest BCUT2D eigenvalue weighted by atomic mass is 10.4.